The summed E-state index contributed by atoms with van der Waals surface area (Å²) in [5.74, 6) is -0.263. The zero-order chi connectivity index (χ0) is 14.5. The van der Waals surface area contributed by atoms with Crippen LogP contribution in [0.1, 0.15) is 17.0 Å². The molecule has 20 heavy (non-hydrogen) atoms. The van der Waals surface area contributed by atoms with E-state index >= 15 is 0 Å². The fourth-order valence-corrected chi connectivity index (χ4v) is 2.24. The first kappa shape index (κ1) is 14.3. The lowest BCUT2D eigenvalue weighted by Crippen LogP contribution is -2.34. The number of nitrogens with zero attached hydrogens (tertiary/aromatic N) is 3. The molecule has 0 bridgehead atoms. The van der Waals surface area contributed by atoms with E-state index in [-0.39, 0.29) is 11.8 Å². The average Bonchev–Trinajstić information content (AvgIpc) is 2.86. The fraction of sp³-hybridized carbons (Fsp3) is 0.333. The van der Waals surface area contributed by atoms with Gasteiger partial charge in [0.05, 0.1) is 12.1 Å². The highest BCUT2D eigenvalue weighted by molar-refractivity contribution is 5.83. The molecule has 0 fully saturated rings. The molecule has 1 aromatic carbocycles. The van der Waals surface area contributed by atoms with Crippen molar-refractivity contribution in [3.63, 3.8) is 0 Å². The SMILES string of the molecule is CN(Cc1cnn(C)c1)C(=O)C(CN)c1ccccc1. The van der Waals surface area contributed by atoms with Crippen molar-refractivity contribution in [1.82, 2.24) is 14.7 Å². The van der Waals surface area contributed by atoms with Gasteiger partial charge in [-0.2, -0.15) is 5.10 Å². The first-order valence-corrected chi connectivity index (χ1v) is 6.59. The van der Waals surface area contributed by atoms with E-state index in [1.807, 2.05) is 43.6 Å². The van der Waals surface area contributed by atoms with Crippen LogP contribution in [0, 0.1) is 0 Å². The Morgan fingerprint density at radius 3 is 2.65 bits per heavy atom. The van der Waals surface area contributed by atoms with Gasteiger partial charge >= 0.3 is 0 Å². The van der Waals surface area contributed by atoms with Crippen LogP contribution < -0.4 is 5.73 Å². The van der Waals surface area contributed by atoms with E-state index in [2.05, 4.69) is 5.10 Å². The highest BCUT2D eigenvalue weighted by Gasteiger charge is 2.22. The monoisotopic (exact) mass is 272 g/mol. The summed E-state index contributed by atoms with van der Waals surface area (Å²) in [6.07, 6.45) is 3.67. The summed E-state index contributed by atoms with van der Waals surface area (Å²) in [6.45, 7) is 0.843. The Labute approximate surface area is 119 Å². The largest absolute Gasteiger partial charge is 0.341 e. The Bertz CT molecular complexity index is 564. The number of aromatic nitrogens is 2. The maximum absolute atomic E-state index is 12.5. The normalized spacial score (nSPS) is 12.2. The number of carbonyl (C=O) groups excluding carboxylic acids is 1. The van der Waals surface area contributed by atoms with Crippen molar-refractivity contribution in [3.05, 3.63) is 53.9 Å². The predicted octanol–water partition coefficient (Wildman–Crippen LogP) is 1.12. The number of benzene rings is 1. The Balaban J connectivity index is 2.08. The van der Waals surface area contributed by atoms with E-state index in [4.69, 9.17) is 5.73 Å². The standard InChI is InChI=1S/C15H20N4O/c1-18(10-12-9-17-19(2)11-12)15(20)14(8-16)13-6-4-3-5-7-13/h3-7,9,11,14H,8,10,16H2,1-2H3. The molecule has 5 nitrogen and oxygen atoms in total. The molecule has 5 heteroatoms. The predicted molar refractivity (Wildman–Crippen MR) is 77.9 cm³/mol. The van der Waals surface area contributed by atoms with Crippen molar-refractivity contribution in [2.24, 2.45) is 12.8 Å². The molecule has 0 saturated carbocycles. The van der Waals surface area contributed by atoms with Crippen molar-refractivity contribution in [1.29, 1.82) is 0 Å². The van der Waals surface area contributed by atoms with Gasteiger partial charge in [0.25, 0.3) is 0 Å². The molecule has 0 radical (unpaired) electrons. The van der Waals surface area contributed by atoms with Gasteiger partial charge in [0, 0.05) is 38.9 Å². The molecule has 0 aliphatic rings. The minimum atomic E-state index is -0.294. The van der Waals surface area contributed by atoms with Gasteiger partial charge in [-0.1, -0.05) is 30.3 Å². The highest BCUT2D eigenvalue weighted by Crippen LogP contribution is 2.17. The van der Waals surface area contributed by atoms with Crippen LogP contribution in [-0.4, -0.2) is 34.2 Å². The number of likely N-dealkylation sites (N-methyl/N-ethyl adjacent to an activating group) is 1. The van der Waals surface area contributed by atoms with Crippen LogP contribution in [0.25, 0.3) is 0 Å². The second-order valence-electron chi connectivity index (χ2n) is 4.92. The van der Waals surface area contributed by atoms with Gasteiger partial charge in [0.15, 0.2) is 0 Å². The smallest absolute Gasteiger partial charge is 0.231 e. The van der Waals surface area contributed by atoms with Crippen LogP contribution in [0.3, 0.4) is 0 Å². The molecule has 1 aromatic heterocycles. The summed E-state index contributed by atoms with van der Waals surface area (Å²) in [7, 11) is 3.65. The lowest BCUT2D eigenvalue weighted by atomic mass is 9.98. The zero-order valence-electron chi connectivity index (χ0n) is 11.9. The molecule has 2 N–H and O–H groups in total. The van der Waals surface area contributed by atoms with Gasteiger partial charge in [0.2, 0.25) is 5.91 Å². The molecular weight excluding hydrogens is 252 g/mol. The van der Waals surface area contributed by atoms with E-state index in [1.54, 1.807) is 22.8 Å². The second kappa shape index (κ2) is 6.34. The van der Waals surface area contributed by atoms with Crippen molar-refractivity contribution in [3.8, 4) is 0 Å². The second-order valence-corrected chi connectivity index (χ2v) is 4.92. The molecule has 1 atom stereocenters. The van der Waals surface area contributed by atoms with E-state index in [9.17, 15) is 4.79 Å². The number of rotatable bonds is 5. The third kappa shape index (κ3) is 3.24. The summed E-state index contributed by atoms with van der Waals surface area (Å²) in [5.41, 5.74) is 7.74. The first-order chi connectivity index (χ1) is 9.61. The van der Waals surface area contributed by atoms with Crippen molar-refractivity contribution < 1.29 is 4.79 Å². The van der Waals surface area contributed by atoms with Crippen LogP contribution in [0.5, 0.6) is 0 Å². The molecule has 106 valence electrons. The van der Waals surface area contributed by atoms with Gasteiger partial charge < -0.3 is 10.6 Å². The fourth-order valence-electron chi connectivity index (χ4n) is 2.24. The van der Waals surface area contributed by atoms with Gasteiger partial charge in [-0.05, 0) is 5.56 Å². The Morgan fingerprint density at radius 1 is 1.40 bits per heavy atom. The van der Waals surface area contributed by atoms with Gasteiger partial charge in [-0.3, -0.25) is 9.48 Å². The first-order valence-electron chi connectivity index (χ1n) is 6.59. The summed E-state index contributed by atoms with van der Waals surface area (Å²) in [5, 5.41) is 4.11. The molecule has 0 aliphatic carbocycles. The van der Waals surface area contributed by atoms with E-state index in [1.165, 1.54) is 0 Å². The van der Waals surface area contributed by atoms with E-state index in [0.717, 1.165) is 11.1 Å². The Kier molecular flexibility index (Phi) is 4.53. The quantitative estimate of drug-likeness (QED) is 0.887. The summed E-state index contributed by atoms with van der Waals surface area (Å²) in [6, 6.07) is 9.65. The Morgan fingerprint density at radius 2 is 2.10 bits per heavy atom. The lowest BCUT2D eigenvalue weighted by Gasteiger charge is -2.22. The number of aryl methyl sites for hydroxylation is 1. The molecule has 2 aromatic rings. The van der Waals surface area contributed by atoms with Crippen LogP contribution >= 0.6 is 0 Å². The van der Waals surface area contributed by atoms with Crippen LogP contribution in [0.4, 0.5) is 0 Å². The van der Waals surface area contributed by atoms with Crippen molar-refractivity contribution in [2.45, 2.75) is 12.5 Å². The number of nitrogens with two attached hydrogens (primary N) is 1. The number of hydrogen-bond donors (Lipinski definition) is 1. The van der Waals surface area contributed by atoms with E-state index in [0.29, 0.717) is 13.1 Å². The molecule has 1 heterocycles. The van der Waals surface area contributed by atoms with E-state index < -0.39 is 0 Å². The maximum atomic E-state index is 12.5. The molecule has 2 rings (SSSR count). The molecular formula is C15H20N4O. The number of hydrogen-bond acceptors (Lipinski definition) is 3. The third-order valence-corrected chi connectivity index (χ3v) is 3.29. The van der Waals surface area contributed by atoms with Crippen LogP contribution in [0.15, 0.2) is 42.7 Å². The maximum Gasteiger partial charge on any atom is 0.231 e. The Hall–Kier alpha value is -2.14. The molecule has 1 amide bonds. The van der Waals surface area contributed by atoms with Crippen molar-refractivity contribution >= 4 is 5.91 Å². The highest BCUT2D eigenvalue weighted by atomic mass is 16.2. The molecule has 0 saturated heterocycles. The molecule has 0 aliphatic heterocycles. The minimum Gasteiger partial charge on any atom is -0.341 e. The number of carbonyl (C=O) groups is 1. The van der Waals surface area contributed by atoms with Gasteiger partial charge in [-0.15, -0.1) is 0 Å². The average molecular weight is 272 g/mol. The third-order valence-electron chi connectivity index (χ3n) is 3.29. The zero-order valence-corrected chi connectivity index (χ0v) is 11.9. The summed E-state index contributed by atoms with van der Waals surface area (Å²) >= 11 is 0. The topological polar surface area (TPSA) is 64.2 Å². The molecule has 1 unspecified atom stereocenters. The van der Waals surface area contributed by atoms with Gasteiger partial charge in [-0.25, -0.2) is 0 Å². The van der Waals surface area contributed by atoms with Gasteiger partial charge in [0.1, 0.15) is 0 Å². The number of amides is 1. The van der Waals surface area contributed by atoms with Crippen LogP contribution in [-0.2, 0) is 18.4 Å². The summed E-state index contributed by atoms with van der Waals surface area (Å²) < 4.78 is 1.73. The summed E-state index contributed by atoms with van der Waals surface area (Å²) in [4.78, 5) is 14.2. The minimum absolute atomic E-state index is 0.0301. The molecule has 0 spiro atoms. The lowest BCUT2D eigenvalue weighted by molar-refractivity contribution is -0.131. The van der Waals surface area contributed by atoms with Crippen LogP contribution in [0.2, 0.25) is 0 Å². The van der Waals surface area contributed by atoms with Crippen molar-refractivity contribution in [2.75, 3.05) is 13.6 Å².